The summed E-state index contributed by atoms with van der Waals surface area (Å²) in [4.78, 5) is 23.6. The van der Waals surface area contributed by atoms with E-state index in [1.807, 2.05) is 24.3 Å². The molecule has 2 aromatic heterocycles. The predicted molar refractivity (Wildman–Crippen MR) is 102 cm³/mol. The molecule has 3 heterocycles. The standard InChI is InChI=1S/C19H21N5O3/c1-26-12-2-3-14-11(6-12)7-16(22-14)19-17(9-25)21-8-18(24-19)23-15-4-5-27-10-13(15)20/h2-3,6-9,13,15,22H,4-5,10,20H2,1H3,(H,23,24)/t13-,15+/m0/s1. The lowest BCUT2D eigenvalue weighted by atomic mass is 10.0. The summed E-state index contributed by atoms with van der Waals surface area (Å²) in [6, 6.07) is 7.59. The first-order valence-corrected chi connectivity index (χ1v) is 8.77. The largest absolute Gasteiger partial charge is 0.497 e. The van der Waals surface area contributed by atoms with Gasteiger partial charge in [0.25, 0.3) is 0 Å². The van der Waals surface area contributed by atoms with Crippen molar-refractivity contribution in [3.63, 3.8) is 0 Å². The Morgan fingerprint density at radius 3 is 3.07 bits per heavy atom. The van der Waals surface area contributed by atoms with Crippen molar-refractivity contribution in [3.05, 3.63) is 36.2 Å². The summed E-state index contributed by atoms with van der Waals surface area (Å²) in [5.74, 6) is 1.34. The number of carbonyl (C=O) groups is 1. The van der Waals surface area contributed by atoms with E-state index in [0.717, 1.165) is 23.1 Å². The van der Waals surface area contributed by atoms with Gasteiger partial charge in [0.1, 0.15) is 23.0 Å². The lowest BCUT2D eigenvalue weighted by Crippen LogP contribution is -2.47. The van der Waals surface area contributed by atoms with Crippen LogP contribution in [-0.4, -0.2) is 53.6 Å². The van der Waals surface area contributed by atoms with Crippen molar-refractivity contribution in [2.75, 3.05) is 25.6 Å². The Hall–Kier alpha value is -2.97. The molecule has 1 aliphatic rings. The van der Waals surface area contributed by atoms with Gasteiger partial charge in [-0.1, -0.05) is 0 Å². The van der Waals surface area contributed by atoms with Gasteiger partial charge in [0.05, 0.1) is 25.6 Å². The summed E-state index contributed by atoms with van der Waals surface area (Å²) in [6.45, 7) is 1.16. The molecular weight excluding hydrogens is 346 g/mol. The highest BCUT2D eigenvalue weighted by Crippen LogP contribution is 2.28. The van der Waals surface area contributed by atoms with E-state index in [9.17, 15) is 4.79 Å². The quantitative estimate of drug-likeness (QED) is 0.591. The molecular formula is C19H21N5O3. The summed E-state index contributed by atoms with van der Waals surface area (Å²) in [6.07, 6.45) is 3.05. The van der Waals surface area contributed by atoms with Gasteiger partial charge in [-0.3, -0.25) is 4.79 Å². The van der Waals surface area contributed by atoms with E-state index in [0.29, 0.717) is 36.7 Å². The van der Waals surface area contributed by atoms with Crippen LogP contribution in [0.3, 0.4) is 0 Å². The van der Waals surface area contributed by atoms with Gasteiger partial charge in [-0.25, -0.2) is 9.97 Å². The monoisotopic (exact) mass is 367 g/mol. The first kappa shape index (κ1) is 17.4. The van der Waals surface area contributed by atoms with Gasteiger partial charge in [-0.15, -0.1) is 0 Å². The number of ether oxygens (including phenoxy) is 2. The summed E-state index contributed by atoms with van der Waals surface area (Å²) >= 11 is 0. The van der Waals surface area contributed by atoms with Crippen molar-refractivity contribution < 1.29 is 14.3 Å². The van der Waals surface area contributed by atoms with Gasteiger partial charge in [-0.05, 0) is 30.7 Å². The van der Waals surface area contributed by atoms with Crippen LogP contribution in [0.1, 0.15) is 16.9 Å². The maximum Gasteiger partial charge on any atom is 0.170 e. The first-order chi connectivity index (χ1) is 13.2. The van der Waals surface area contributed by atoms with E-state index in [2.05, 4.69) is 20.3 Å². The number of nitrogens with one attached hydrogen (secondary N) is 2. The number of nitrogens with two attached hydrogens (primary N) is 1. The fourth-order valence-corrected chi connectivity index (χ4v) is 3.25. The molecule has 8 heteroatoms. The van der Waals surface area contributed by atoms with Crippen LogP contribution in [0.5, 0.6) is 5.75 Å². The number of carbonyl (C=O) groups excluding carboxylic acids is 1. The van der Waals surface area contributed by atoms with Crippen LogP contribution in [0, 0.1) is 0 Å². The third-order valence-electron chi connectivity index (χ3n) is 4.73. The molecule has 0 radical (unpaired) electrons. The maximum absolute atomic E-state index is 11.5. The van der Waals surface area contributed by atoms with Crippen molar-refractivity contribution in [3.8, 4) is 17.1 Å². The van der Waals surface area contributed by atoms with Crippen LogP contribution in [0.2, 0.25) is 0 Å². The molecule has 140 valence electrons. The van der Waals surface area contributed by atoms with Crippen LogP contribution in [-0.2, 0) is 4.74 Å². The number of methoxy groups -OCH3 is 1. The molecule has 3 aromatic rings. The number of rotatable bonds is 5. The third kappa shape index (κ3) is 3.49. The maximum atomic E-state index is 11.5. The molecule has 1 aliphatic heterocycles. The average Bonchev–Trinajstić information content (AvgIpc) is 3.12. The van der Waals surface area contributed by atoms with E-state index in [4.69, 9.17) is 15.2 Å². The minimum absolute atomic E-state index is 0.0509. The van der Waals surface area contributed by atoms with E-state index >= 15 is 0 Å². The lowest BCUT2D eigenvalue weighted by Gasteiger charge is -2.29. The molecule has 1 fully saturated rings. The summed E-state index contributed by atoms with van der Waals surface area (Å²) < 4.78 is 10.6. The zero-order valence-corrected chi connectivity index (χ0v) is 14.9. The van der Waals surface area contributed by atoms with Crippen molar-refractivity contribution in [1.29, 1.82) is 0 Å². The summed E-state index contributed by atoms with van der Waals surface area (Å²) in [5, 5.41) is 4.28. The molecule has 4 N–H and O–H groups in total. The zero-order chi connectivity index (χ0) is 18.8. The number of aromatic amines is 1. The molecule has 1 aromatic carbocycles. The van der Waals surface area contributed by atoms with Gasteiger partial charge < -0.3 is 25.5 Å². The van der Waals surface area contributed by atoms with Crippen LogP contribution in [0.15, 0.2) is 30.5 Å². The molecule has 0 aliphatic carbocycles. The van der Waals surface area contributed by atoms with E-state index < -0.39 is 0 Å². The molecule has 27 heavy (non-hydrogen) atoms. The van der Waals surface area contributed by atoms with Gasteiger partial charge >= 0.3 is 0 Å². The number of benzene rings is 1. The Labute approximate surface area is 156 Å². The summed E-state index contributed by atoms with van der Waals surface area (Å²) in [7, 11) is 1.63. The SMILES string of the molecule is COc1ccc2[nH]c(-c3nc(N[C@@H]4CCOC[C@@H]4N)cnc3C=O)cc2c1. The fraction of sp³-hybridized carbons (Fsp3) is 0.316. The second kappa shape index (κ2) is 7.34. The molecule has 8 nitrogen and oxygen atoms in total. The smallest absolute Gasteiger partial charge is 0.170 e. The van der Waals surface area contributed by atoms with Crippen molar-refractivity contribution in [2.45, 2.75) is 18.5 Å². The third-order valence-corrected chi connectivity index (χ3v) is 4.73. The zero-order valence-electron chi connectivity index (χ0n) is 14.9. The Morgan fingerprint density at radius 2 is 2.30 bits per heavy atom. The normalized spacial score (nSPS) is 19.8. The molecule has 0 saturated carbocycles. The Morgan fingerprint density at radius 1 is 1.41 bits per heavy atom. The van der Waals surface area contributed by atoms with Gasteiger partial charge in [-0.2, -0.15) is 0 Å². The first-order valence-electron chi connectivity index (χ1n) is 8.77. The Bertz CT molecular complexity index is 971. The van der Waals surface area contributed by atoms with Crippen LogP contribution >= 0.6 is 0 Å². The highest BCUT2D eigenvalue weighted by Gasteiger charge is 2.23. The van der Waals surface area contributed by atoms with Gasteiger partial charge in [0.2, 0.25) is 0 Å². The number of aldehydes is 1. The highest BCUT2D eigenvalue weighted by molar-refractivity contribution is 5.90. The molecule has 0 spiro atoms. The van der Waals surface area contributed by atoms with Crippen molar-refractivity contribution in [1.82, 2.24) is 15.0 Å². The van der Waals surface area contributed by atoms with E-state index in [1.54, 1.807) is 13.3 Å². The van der Waals surface area contributed by atoms with E-state index in [1.165, 1.54) is 0 Å². The van der Waals surface area contributed by atoms with Gasteiger partial charge in [0, 0.05) is 29.6 Å². The van der Waals surface area contributed by atoms with Gasteiger partial charge in [0.15, 0.2) is 6.29 Å². The number of H-pyrrole nitrogens is 1. The average molecular weight is 367 g/mol. The number of nitrogens with zero attached hydrogens (tertiary/aromatic N) is 2. The molecule has 2 atom stereocenters. The minimum atomic E-state index is -0.115. The molecule has 0 unspecified atom stereocenters. The molecule has 4 rings (SSSR count). The second-order valence-corrected chi connectivity index (χ2v) is 6.52. The predicted octanol–water partition coefficient (Wildman–Crippen LogP) is 1.97. The Kier molecular flexibility index (Phi) is 4.74. The lowest BCUT2D eigenvalue weighted by molar-refractivity contribution is 0.0752. The number of hydrogen-bond acceptors (Lipinski definition) is 7. The highest BCUT2D eigenvalue weighted by atomic mass is 16.5. The summed E-state index contributed by atoms with van der Waals surface area (Å²) in [5.41, 5.74) is 8.51. The van der Waals surface area contributed by atoms with Crippen LogP contribution in [0.25, 0.3) is 22.3 Å². The van der Waals surface area contributed by atoms with Crippen LogP contribution < -0.4 is 15.8 Å². The molecule has 0 bridgehead atoms. The molecule has 1 saturated heterocycles. The van der Waals surface area contributed by atoms with Crippen molar-refractivity contribution in [2.24, 2.45) is 5.73 Å². The number of anilines is 1. The number of hydrogen-bond donors (Lipinski definition) is 3. The number of aromatic nitrogens is 3. The topological polar surface area (TPSA) is 115 Å². The van der Waals surface area contributed by atoms with Crippen molar-refractivity contribution >= 4 is 23.0 Å². The van der Waals surface area contributed by atoms with E-state index in [-0.39, 0.29) is 17.8 Å². The minimum Gasteiger partial charge on any atom is -0.497 e. The number of fused-ring (bicyclic) bond motifs is 1. The van der Waals surface area contributed by atoms with Crippen LogP contribution in [0.4, 0.5) is 5.82 Å². The second-order valence-electron chi connectivity index (χ2n) is 6.52. The fourth-order valence-electron chi connectivity index (χ4n) is 3.25. The molecule has 0 amide bonds. The Balaban J connectivity index is 1.69.